The highest BCUT2D eigenvalue weighted by atomic mass is 16.6. The number of rotatable bonds is 2. The van der Waals surface area contributed by atoms with Crippen molar-refractivity contribution in [3.63, 3.8) is 0 Å². The SMILES string of the molecule is C1=CC2OC2c2nc(-c3ccc4nc[nH]c4c3)c(-c3ccccc3)nc2N1. The van der Waals surface area contributed by atoms with Crippen molar-refractivity contribution in [1.29, 1.82) is 0 Å². The van der Waals surface area contributed by atoms with Crippen molar-refractivity contribution >= 4 is 16.9 Å². The average Bonchev–Trinajstić information content (AvgIpc) is 3.36. The third kappa shape index (κ3) is 2.34. The van der Waals surface area contributed by atoms with Crippen LogP contribution in [-0.2, 0) is 4.74 Å². The molecule has 0 aliphatic carbocycles. The van der Waals surface area contributed by atoms with Crippen molar-refractivity contribution in [3.8, 4) is 22.5 Å². The summed E-state index contributed by atoms with van der Waals surface area (Å²) in [5.74, 6) is 0.751. The molecule has 130 valence electrons. The van der Waals surface area contributed by atoms with Crippen molar-refractivity contribution in [3.05, 3.63) is 72.8 Å². The van der Waals surface area contributed by atoms with Gasteiger partial charge in [-0.2, -0.15) is 0 Å². The molecule has 27 heavy (non-hydrogen) atoms. The van der Waals surface area contributed by atoms with E-state index in [0.717, 1.165) is 45.1 Å². The lowest BCUT2D eigenvalue weighted by molar-refractivity contribution is 0.390. The van der Waals surface area contributed by atoms with Gasteiger partial charge in [-0.15, -0.1) is 0 Å². The van der Waals surface area contributed by atoms with Gasteiger partial charge in [0, 0.05) is 17.3 Å². The van der Waals surface area contributed by atoms with Gasteiger partial charge in [0.1, 0.15) is 17.9 Å². The highest BCUT2D eigenvalue weighted by Gasteiger charge is 2.43. The molecule has 1 saturated heterocycles. The van der Waals surface area contributed by atoms with Crippen LogP contribution in [0, 0.1) is 0 Å². The maximum Gasteiger partial charge on any atom is 0.155 e. The normalized spacial score (nSPS) is 19.9. The molecule has 6 rings (SSSR count). The first kappa shape index (κ1) is 14.6. The highest BCUT2D eigenvalue weighted by molar-refractivity contribution is 5.86. The van der Waals surface area contributed by atoms with Gasteiger partial charge in [0.2, 0.25) is 0 Å². The fourth-order valence-corrected chi connectivity index (χ4v) is 3.55. The van der Waals surface area contributed by atoms with E-state index < -0.39 is 0 Å². The topological polar surface area (TPSA) is 79.0 Å². The molecule has 1 fully saturated rings. The fraction of sp³-hybridized carbons (Fsp3) is 0.0952. The Labute approximate surface area is 155 Å². The predicted octanol–water partition coefficient (Wildman–Crippen LogP) is 4.07. The number of H-pyrrole nitrogens is 1. The summed E-state index contributed by atoms with van der Waals surface area (Å²) in [5.41, 5.74) is 6.46. The highest BCUT2D eigenvalue weighted by Crippen LogP contribution is 2.45. The maximum absolute atomic E-state index is 5.73. The van der Waals surface area contributed by atoms with Crippen molar-refractivity contribution in [2.45, 2.75) is 12.2 Å². The van der Waals surface area contributed by atoms with E-state index in [2.05, 4.69) is 33.5 Å². The summed E-state index contributed by atoms with van der Waals surface area (Å²) < 4.78 is 5.73. The lowest BCUT2D eigenvalue weighted by Gasteiger charge is -2.14. The molecule has 2 atom stereocenters. The molecule has 0 amide bonds. The van der Waals surface area contributed by atoms with E-state index >= 15 is 0 Å². The molecular weight excluding hydrogens is 338 g/mol. The van der Waals surface area contributed by atoms with E-state index in [4.69, 9.17) is 14.7 Å². The van der Waals surface area contributed by atoms with Crippen LogP contribution in [0.1, 0.15) is 11.8 Å². The molecule has 2 aromatic heterocycles. The zero-order chi connectivity index (χ0) is 17.8. The number of nitrogens with one attached hydrogen (secondary N) is 2. The maximum atomic E-state index is 5.73. The van der Waals surface area contributed by atoms with Crippen LogP contribution in [-0.4, -0.2) is 26.0 Å². The van der Waals surface area contributed by atoms with E-state index in [1.807, 2.05) is 42.6 Å². The number of aromatic amines is 1. The smallest absolute Gasteiger partial charge is 0.155 e. The van der Waals surface area contributed by atoms with Crippen molar-refractivity contribution in [2.24, 2.45) is 0 Å². The standard InChI is InChI=1S/C21H15N5O/c1-2-4-12(5-3-1)17-18(13-6-7-14-15(10-13)24-11-23-14)25-19-20-16(27-20)8-9-22-21(19)26-17/h1-11,16,20H,(H,22,26)(H,23,24). The van der Waals surface area contributed by atoms with Gasteiger partial charge >= 0.3 is 0 Å². The molecule has 6 nitrogen and oxygen atoms in total. The van der Waals surface area contributed by atoms with Crippen molar-refractivity contribution in [2.75, 3.05) is 5.32 Å². The molecule has 0 radical (unpaired) electrons. The second-order valence-electron chi connectivity index (χ2n) is 6.68. The number of hydrogen-bond acceptors (Lipinski definition) is 5. The monoisotopic (exact) mass is 353 g/mol. The summed E-state index contributed by atoms with van der Waals surface area (Å²) in [7, 11) is 0. The second-order valence-corrected chi connectivity index (χ2v) is 6.68. The van der Waals surface area contributed by atoms with Gasteiger partial charge in [-0.25, -0.2) is 15.0 Å². The van der Waals surface area contributed by atoms with Crippen molar-refractivity contribution in [1.82, 2.24) is 19.9 Å². The van der Waals surface area contributed by atoms with Crippen LogP contribution in [0.5, 0.6) is 0 Å². The van der Waals surface area contributed by atoms with E-state index in [0.29, 0.717) is 0 Å². The van der Waals surface area contributed by atoms with Crippen LogP contribution in [0.25, 0.3) is 33.5 Å². The number of benzene rings is 2. The molecule has 4 aromatic rings. The van der Waals surface area contributed by atoms with Gasteiger partial charge in [0.15, 0.2) is 5.82 Å². The number of fused-ring (bicyclic) bond motifs is 4. The lowest BCUT2D eigenvalue weighted by Crippen LogP contribution is -2.04. The zero-order valence-electron chi connectivity index (χ0n) is 14.3. The number of hydrogen-bond donors (Lipinski definition) is 2. The summed E-state index contributed by atoms with van der Waals surface area (Å²) in [6.45, 7) is 0. The Hall–Kier alpha value is -3.51. The van der Waals surface area contributed by atoms with Crippen molar-refractivity contribution < 1.29 is 4.74 Å². The minimum atomic E-state index is -0.0294. The first-order valence-electron chi connectivity index (χ1n) is 8.86. The Balaban J connectivity index is 1.61. The summed E-state index contributed by atoms with van der Waals surface area (Å²) >= 11 is 0. The molecule has 2 aromatic carbocycles. The first-order chi connectivity index (χ1) is 13.4. The van der Waals surface area contributed by atoms with E-state index in [-0.39, 0.29) is 12.2 Å². The van der Waals surface area contributed by atoms with Gasteiger partial charge in [0.25, 0.3) is 0 Å². The molecule has 4 heterocycles. The van der Waals surface area contributed by atoms with Gasteiger partial charge in [-0.1, -0.05) is 36.4 Å². The quantitative estimate of drug-likeness (QED) is 0.531. The van der Waals surface area contributed by atoms with Crippen LogP contribution in [0.3, 0.4) is 0 Å². The summed E-state index contributed by atoms with van der Waals surface area (Å²) in [5, 5.41) is 3.25. The number of anilines is 1. The summed E-state index contributed by atoms with van der Waals surface area (Å²) in [4.78, 5) is 17.4. The molecule has 0 spiro atoms. The third-order valence-electron chi connectivity index (χ3n) is 4.96. The van der Waals surface area contributed by atoms with Crippen LogP contribution in [0.4, 0.5) is 5.82 Å². The van der Waals surface area contributed by atoms with E-state index in [9.17, 15) is 0 Å². The van der Waals surface area contributed by atoms with E-state index in [1.54, 1.807) is 6.33 Å². The van der Waals surface area contributed by atoms with E-state index in [1.165, 1.54) is 0 Å². The largest absolute Gasteiger partial charge is 0.358 e. The van der Waals surface area contributed by atoms with Crippen LogP contribution < -0.4 is 5.32 Å². The van der Waals surface area contributed by atoms with Crippen LogP contribution in [0.15, 0.2) is 67.1 Å². The van der Waals surface area contributed by atoms with Gasteiger partial charge < -0.3 is 15.0 Å². The number of epoxide rings is 1. The minimum Gasteiger partial charge on any atom is -0.358 e. The van der Waals surface area contributed by atoms with Gasteiger partial charge in [0.05, 0.1) is 28.7 Å². The second kappa shape index (κ2) is 5.49. The molecule has 2 aliphatic heterocycles. The molecule has 0 saturated carbocycles. The Morgan fingerprint density at radius 2 is 1.81 bits per heavy atom. The molecule has 2 unspecified atom stereocenters. The Bertz CT molecular complexity index is 1200. The number of nitrogens with zero attached hydrogens (tertiary/aromatic N) is 3. The molecule has 0 bridgehead atoms. The van der Waals surface area contributed by atoms with Crippen LogP contribution >= 0.6 is 0 Å². The fourth-order valence-electron chi connectivity index (χ4n) is 3.55. The summed E-state index contributed by atoms with van der Waals surface area (Å²) in [6, 6.07) is 16.2. The van der Waals surface area contributed by atoms with Gasteiger partial charge in [-0.05, 0) is 18.2 Å². The molecular formula is C21H15N5O. The molecule has 2 aliphatic rings. The number of ether oxygens (including phenoxy) is 1. The number of imidazole rings is 1. The summed E-state index contributed by atoms with van der Waals surface area (Å²) in [6.07, 6.45) is 5.65. The molecule has 2 N–H and O–H groups in total. The molecule has 6 heteroatoms. The predicted molar refractivity (Wildman–Crippen MR) is 103 cm³/mol. The minimum absolute atomic E-state index is 0.0294. The Morgan fingerprint density at radius 1 is 0.926 bits per heavy atom. The Morgan fingerprint density at radius 3 is 2.74 bits per heavy atom. The number of aromatic nitrogens is 4. The zero-order valence-corrected chi connectivity index (χ0v) is 14.3. The third-order valence-corrected chi connectivity index (χ3v) is 4.96. The van der Waals surface area contributed by atoms with Gasteiger partial charge in [-0.3, -0.25) is 0 Å². The van der Waals surface area contributed by atoms with Crippen LogP contribution in [0.2, 0.25) is 0 Å². The average molecular weight is 353 g/mol. The first-order valence-corrected chi connectivity index (χ1v) is 8.86. The Kier molecular flexibility index (Phi) is 2.98. The lowest BCUT2D eigenvalue weighted by atomic mass is 10.0.